The Morgan fingerprint density at radius 3 is 1.62 bits per heavy atom. The molecule has 1 rings (SSSR count). The average Bonchev–Trinajstić information content (AvgIpc) is 2.74. The van der Waals surface area contributed by atoms with E-state index < -0.39 is 12.9 Å². The molecule has 29 heavy (non-hydrogen) atoms. The number of unbranched alkanes of at least 4 members (excludes halogenated alkanes) is 4. The van der Waals surface area contributed by atoms with Gasteiger partial charge in [-0.05, 0) is 0 Å². The summed E-state index contributed by atoms with van der Waals surface area (Å²) in [6.07, 6.45) is 14.1. The van der Waals surface area contributed by atoms with Crippen LogP contribution in [0.2, 0.25) is 0 Å². The summed E-state index contributed by atoms with van der Waals surface area (Å²) in [7, 11) is 0. The molecular formula is C25H46NO2P. The van der Waals surface area contributed by atoms with Crippen molar-refractivity contribution >= 4 is 12.8 Å². The van der Waals surface area contributed by atoms with E-state index in [-0.39, 0.29) is 5.97 Å². The van der Waals surface area contributed by atoms with Gasteiger partial charge in [0.25, 0.3) is 0 Å². The minimum absolute atomic E-state index is 0.161. The maximum atomic E-state index is 13.3. The average molecular weight is 424 g/mol. The van der Waals surface area contributed by atoms with Crippen LogP contribution in [0.3, 0.4) is 0 Å². The molecule has 0 heterocycles. The molecule has 0 fully saturated rings. The fraction of sp³-hybridized carbons (Fsp3) is 0.720. The molecule has 0 bridgehead atoms. The van der Waals surface area contributed by atoms with Crippen LogP contribution >= 0.6 is 6.83 Å². The second-order valence-electron chi connectivity index (χ2n) is 8.87. The van der Waals surface area contributed by atoms with Gasteiger partial charge in [0.15, 0.2) is 0 Å². The first-order valence-electron chi connectivity index (χ1n) is 12.0. The van der Waals surface area contributed by atoms with Gasteiger partial charge >= 0.3 is 180 Å². The van der Waals surface area contributed by atoms with Gasteiger partial charge in [0.05, 0.1) is 0 Å². The third kappa shape index (κ3) is 8.38. The van der Waals surface area contributed by atoms with Crippen molar-refractivity contribution in [3.8, 4) is 0 Å². The summed E-state index contributed by atoms with van der Waals surface area (Å²) in [5.41, 5.74) is 7.47. The second kappa shape index (κ2) is 13.4. The van der Waals surface area contributed by atoms with Crippen LogP contribution in [-0.2, 0) is 15.7 Å². The number of hydrogen-bond acceptors (Lipinski definition) is 3. The van der Waals surface area contributed by atoms with Gasteiger partial charge in [0.2, 0.25) is 0 Å². The molecule has 0 aliphatic carbocycles. The first kappa shape index (κ1) is 26.1. The summed E-state index contributed by atoms with van der Waals surface area (Å²) in [4.78, 5) is 13.3. The number of benzene rings is 1. The molecule has 0 aromatic heterocycles. The normalized spacial score (nSPS) is 14.2. The molecule has 1 aromatic rings. The van der Waals surface area contributed by atoms with Crippen molar-refractivity contribution in [3.05, 3.63) is 35.9 Å². The van der Waals surface area contributed by atoms with Crippen LogP contribution in [0, 0.1) is 0 Å². The van der Waals surface area contributed by atoms with Gasteiger partial charge in [-0.15, -0.1) is 0 Å². The Morgan fingerprint density at radius 1 is 0.828 bits per heavy atom. The Labute approximate surface area is 180 Å². The third-order valence-electron chi connectivity index (χ3n) is 6.26. The SMILES string of the molecule is CCCCP(CCCC)(CCCC)(CCCC)OC(=O)[C@@H](N)Cc1ccccc1. The van der Waals surface area contributed by atoms with Crippen LogP contribution in [0.15, 0.2) is 30.3 Å². The number of nitrogens with two attached hydrogens (primary N) is 1. The summed E-state index contributed by atoms with van der Waals surface area (Å²) < 4.78 is 6.73. The Hall–Kier alpha value is -0.920. The van der Waals surface area contributed by atoms with Crippen molar-refractivity contribution in [1.29, 1.82) is 0 Å². The molecule has 4 heteroatoms. The summed E-state index contributed by atoms with van der Waals surface area (Å²) in [6, 6.07) is 9.48. The van der Waals surface area contributed by atoms with E-state index in [1.54, 1.807) is 0 Å². The minimum atomic E-state index is -2.60. The zero-order valence-electron chi connectivity index (χ0n) is 19.5. The summed E-state index contributed by atoms with van der Waals surface area (Å²) in [6.45, 7) is 6.37. The molecule has 0 aliphatic rings. The standard InChI is InChI=1S/C25H46NO2P/c1-5-9-18-29(19-10-6-2,20-11-7-3,21-12-8-4)28-25(27)24(26)22-23-16-14-13-15-17-23/h13-17,24H,5-12,18-22,26H2,1-4H3/t24-/m0/s1. The summed E-state index contributed by atoms with van der Waals surface area (Å²) in [5, 5.41) is 0. The fourth-order valence-corrected chi connectivity index (χ4v) is 11.2. The predicted molar refractivity (Wildman–Crippen MR) is 130 cm³/mol. The molecule has 0 saturated carbocycles. The Bertz CT molecular complexity index is 532. The van der Waals surface area contributed by atoms with E-state index in [4.69, 9.17) is 10.3 Å². The van der Waals surface area contributed by atoms with Crippen molar-refractivity contribution in [2.24, 2.45) is 5.73 Å². The summed E-state index contributed by atoms with van der Waals surface area (Å²) in [5.74, 6) is -0.161. The molecule has 0 saturated heterocycles. The van der Waals surface area contributed by atoms with Crippen molar-refractivity contribution < 1.29 is 9.32 Å². The van der Waals surface area contributed by atoms with Crippen molar-refractivity contribution in [1.82, 2.24) is 0 Å². The van der Waals surface area contributed by atoms with E-state index in [1.165, 1.54) is 0 Å². The van der Waals surface area contributed by atoms with Gasteiger partial charge in [0.1, 0.15) is 0 Å². The molecular weight excluding hydrogens is 377 g/mol. The van der Waals surface area contributed by atoms with Crippen molar-refractivity contribution in [3.63, 3.8) is 0 Å². The van der Waals surface area contributed by atoms with E-state index in [1.807, 2.05) is 30.3 Å². The van der Waals surface area contributed by atoms with Gasteiger partial charge in [-0.1, -0.05) is 0 Å². The molecule has 2 N–H and O–H groups in total. The van der Waals surface area contributed by atoms with Gasteiger partial charge < -0.3 is 0 Å². The van der Waals surface area contributed by atoms with E-state index in [2.05, 4.69) is 27.7 Å². The van der Waals surface area contributed by atoms with E-state index in [0.29, 0.717) is 6.42 Å². The number of carbonyl (C=O) groups excluding carboxylic acids is 1. The molecule has 0 amide bonds. The number of rotatable bonds is 16. The molecule has 0 aliphatic heterocycles. The molecule has 0 radical (unpaired) electrons. The molecule has 0 unspecified atom stereocenters. The van der Waals surface area contributed by atoms with Gasteiger partial charge in [0, 0.05) is 0 Å². The van der Waals surface area contributed by atoms with Gasteiger partial charge in [-0.2, -0.15) is 0 Å². The first-order chi connectivity index (χ1) is 13.9. The van der Waals surface area contributed by atoms with Gasteiger partial charge in [-0.3, -0.25) is 0 Å². The van der Waals surface area contributed by atoms with E-state index in [9.17, 15) is 4.79 Å². The first-order valence-corrected chi connectivity index (χ1v) is 14.9. The van der Waals surface area contributed by atoms with Crippen LogP contribution in [0.25, 0.3) is 0 Å². The van der Waals surface area contributed by atoms with Crippen LogP contribution < -0.4 is 5.73 Å². The fourth-order valence-electron chi connectivity index (χ4n) is 4.36. The van der Waals surface area contributed by atoms with Gasteiger partial charge in [-0.25, -0.2) is 0 Å². The molecule has 1 atom stereocenters. The van der Waals surface area contributed by atoms with Crippen LogP contribution in [0.5, 0.6) is 0 Å². The van der Waals surface area contributed by atoms with Crippen LogP contribution in [0.4, 0.5) is 0 Å². The number of hydrogen-bond donors (Lipinski definition) is 1. The van der Waals surface area contributed by atoms with E-state index >= 15 is 0 Å². The quantitative estimate of drug-likeness (QED) is 0.299. The zero-order valence-corrected chi connectivity index (χ0v) is 20.4. The van der Waals surface area contributed by atoms with Crippen molar-refractivity contribution in [2.75, 3.05) is 24.6 Å². The van der Waals surface area contributed by atoms with Crippen molar-refractivity contribution in [2.45, 2.75) is 91.5 Å². The van der Waals surface area contributed by atoms with Crippen LogP contribution in [-0.4, -0.2) is 36.7 Å². The third-order valence-corrected chi connectivity index (χ3v) is 12.7. The Morgan fingerprint density at radius 2 is 1.24 bits per heavy atom. The van der Waals surface area contributed by atoms with E-state index in [0.717, 1.165) is 81.6 Å². The summed E-state index contributed by atoms with van der Waals surface area (Å²) >= 11 is 0. The predicted octanol–water partition coefficient (Wildman–Crippen LogP) is 6.77. The maximum absolute atomic E-state index is 13.3. The number of carbonyl (C=O) groups is 1. The molecule has 3 nitrogen and oxygen atoms in total. The zero-order chi connectivity index (χ0) is 21.6. The monoisotopic (exact) mass is 423 g/mol. The molecule has 1 aromatic carbocycles. The second-order valence-corrected chi connectivity index (χ2v) is 14.6. The molecule has 0 spiro atoms. The Balaban J connectivity index is 3.16. The topological polar surface area (TPSA) is 52.3 Å². The molecule has 168 valence electrons. The van der Waals surface area contributed by atoms with Crippen LogP contribution in [0.1, 0.15) is 84.6 Å². The Kier molecular flexibility index (Phi) is 12.1.